The van der Waals surface area contributed by atoms with Crippen molar-refractivity contribution in [3.63, 3.8) is 0 Å². The van der Waals surface area contributed by atoms with Crippen LogP contribution in [0.1, 0.15) is 61.5 Å². The zero-order chi connectivity index (χ0) is 14.8. The molecule has 0 saturated carbocycles. The molecule has 0 saturated heterocycles. The van der Waals surface area contributed by atoms with Gasteiger partial charge in [-0.2, -0.15) is 0 Å². The fraction of sp³-hybridized carbons (Fsp3) is 0.471. The monoisotopic (exact) mass is 282 g/mol. The van der Waals surface area contributed by atoms with Crippen molar-refractivity contribution in [2.75, 3.05) is 11.9 Å². The van der Waals surface area contributed by atoms with Gasteiger partial charge < -0.3 is 5.32 Å². The Morgan fingerprint density at radius 3 is 2.86 bits per heavy atom. The Hall–Kier alpha value is -1.97. The lowest BCUT2D eigenvalue weighted by molar-refractivity contribution is 0.707. The molecule has 3 rings (SSSR count). The predicted octanol–water partition coefficient (Wildman–Crippen LogP) is 3.50. The minimum atomic E-state index is 0.305. The van der Waals surface area contributed by atoms with Gasteiger partial charge >= 0.3 is 0 Å². The van der Waals surface area contributed by atoms with E-state index in [2.05, 4.69) is 47.1 Å². The van der Waals surface area contributed by atoms with Crippen LogP contribution in [-0.4, -0.2) is 21.5 Å². The number of hydrogen-bond donors (Lipinski definition) is 1. The second-order valence-electron chi connectivity index (χ2n) is 5.85. The van der Waals surface area contributed by atoms with E-state index in [4.69, 9.17) is 0 Å². The van der Waals surface area contributed by atoms with Crippen molar-refractivity contribution >= 4 is 5.82 Å². The van der Waals surface area contributed by atoms with Gasteiger partial charge in [0.25, 0.3) is 0 Å². The first-order valence-corrected chi connectivity index (χ1v) is 7.74. The molecule has 110 valence electrons. The van der Waals surface area contributed by atoms with Crippen LogP contribution in [0, 0.1) is 0 Å². The van der Waals surface area contributed by atoms with Gasteiger partial charge in [-0.1, -0.05) is 19.9 Å². The van der Waals surface area contributed by atoms with Crippen molar-refractivity contribution in [2.24, 2.45) is 0 Å². The van der Waals surface area contributed by atoms with Crippen LogP contribution in [0.5, 0.6) is 0 Å². The molecule has 21 heavy (non-hydrogen) atoms. The average molecular weight is 282 g/mol. The Balaban J connectivity index is 2.09. The molecule has 1 unspecified atom stereocenters. The van der Waals surface area contributed by atoms with E-state index in [-0.39, 0.29) is 0 Å². The summed E-state index contributed by atoms with van der Waals surface area (Å²) in [5.74, 6) is 1.67. The number of anilines is 1. The molecule has 2 aromatic heterocycles. The van der Waals surface area contributed by atoms with Gasteiger partial charge in [0.2, 0.25) is 0 Å². The summed E-state index contributed by atoms with van der Waals surface area (Å²) in [7, 11) is 0. The molecule has 0 aromatic carbocycles. The lowest BCUT2D eigenvalue weighted by Crippen LogP contribution is -2.12. The number of nitrogens with zero attached hydrogens (tertiary/aromatic N) is 3. The zero-order valence-electron chi connectivity index (χ0n) is 12.9. The second kappa shape index (κ2) is 5.80. The maximum Gasteiger partial charge on any atom is 0.133 e. The summed E-state index contributed by atoms with van der Waals surface area (Å²) in [5.41, 5.74) is 4.94. The van der Waals surface area contributed by atoms with E-state index in [1.807, 2.05) is 12.3 Å². The Morgan fingerprint density at radius 2 is 2.10 bits per heavy atom. The standard InChI is InChI=1S/C17H22N4/c1-4-18-17-14(11(2)3)16(20-10-21-17)13-8-7-12-6-5-9-19-15(12)13/h5-6,9-11,13H,4,7-8H2,1-3H3,(H,18,20,21). The Labute approximate surface area is 126 Å². The van der Waals surface area contributed by atoms with E-state index in [9.17, 15) is 0 Å². The van der Waals surface area contributed by atoms with Gasteiger partial charge in [0, 0.05) is 24.2 Å². The van der Waals surface area contributed by atoms with Gasteiger partial charge in [-0.05, 0) is 37.3 Å². The first-order valence-electron chi connectivity index (χ1n) is 7.74. The molecule has 0 bridgehead atoms. The van der Waals surface area contributed by atoms with Gasteiger partial charge in [0.05, 0.1) is 11.4 Å². The normalized spacial score (nSPS) is 17.0. The molecule has 0 radical (unpaired) electrons. The van der Waals surface area contributed by atoms with Crippen LogP contribution in [-0.2, 0) is 6.42 Å². The fourth-order valence-electron chi connectivity index (χ4n) is 3.24. The lowest BCUT2D eigenvalue weighted by atomic mass is 9.92. The van der Waals surface area contributed by atoms with Gasteiger partial charge in [-0.15, -0.1) is 0 Å². The SMILES string of the molecule is CCNc1ncnc(C2CCc3cccnc32)c1C(C)C. The van der Waals surface area contributed by atoms with Crippen molar-refractivity contribution in [1.29, 1.82) is 0 Å². The Bertz CT molecular complexity index is 636. The molecule has 1 atom stereocenters. The minimum Gasteiger partial charge on any atom is -0.370 e. The summed E-state index contributed by atoms with van der Waals surface area (Å²) < 4.78 is 0. The van der Waals surface area contributed by atoms with Gasteiger partial charge in [0.15, 0.2) is 0 Å². The zero-order valence-corrected chi connectivity index (χ0v) is 12.9. The van der Waals surface area contributed by atoms with Crippen LogP contribution in [0.2, 0.25) is 0 Å². The molecule has 0 aliphatic heterocycles. The van der Waals surface area contributed by atoms with Gasteiger partial charge in [-0.3, -0.25) is 4.98 Å². The molecule has 0 amide bonds. The third-order valence-electron chi connectivity index (χ3n) is 4.12. The van der Waals surface area contributed by atoms with E-state index in [1.165, 1.54) is 16.8 Å². The van der Waals surface area contributed by atoms with Gasteiger partial charge in [0.1, 0.15) is 12.1 Å². The minimum absolute atomic E-state index is 0.305. The summed E-state index contributed by atoms with van der Waals surface area (Å²) in [6.07, 6.45) is 5.75. The van der Waals surface area contributed by atoms with Crippen LogP contribution in [0.3, 0.4) is 0 Å². The fourth-order valence-corrected chi connectivity index (χ4v) is 3.24. The number of fused-ring (bicyclic) bond motifs is 1. The largest absolute Gasteiger partial charge is 0.370 e. The number of hydrogen-bond acceptors (Lipinski definition) is 4. The first kappa shape index (κ1) is 14.0. The highest BCUT2D eigenvalue weighted by Crippen LogP contribution is 2.40. The van der Waals surface area contributed by atoms with E-state index in [1.54, 1.807) is 6.33 Å². The summed E-state index contributed by atoms with van der Waals surface area (Å²) in [6, 6.07) is 4.21. The highest BCUT2D eigenvalue weighted by Gasteiger charge is 2.30. The van der Waals surface area contributed by atoms with Crippen molar-refractivity contribution in [3.8, 4) is 0 Å². The topological polar surface area (TPSA) is 50.7 Å². The first-order chi connectivity index (χ1) is 10.2. The maximum atomic E-state index is 4.63. The quantitative estimate of drug-likeness (QED) is 0.932. The van der Waals surface area contributed by atoms with E-state index in [0.29, 0.717) is 11.8 Å². The molecule has 1 aliphatic rings. The highest BCUT2D eigenvalue weighted by molar-refractivity contribution is 5.51. The van der Waals surface area contributed by atoms with Crippen molar-refractivity contribution < 1.29 is 0 Å². The Kier molecular flexibility index (Phi) is 3.86. The average Bonchev–Trinajstić information content (AvgIpc) is 2.91. The van der Waals surface area contributed by atoms with Gasteiger partial charge in [-0.25, -0.2) is 9.97 Å². The van der Waals surface area contributed by atoms with Crippen LogP contribution >= 0.6 is 0 Å². The molecule has 1 aliphatic carbocycles. The molecule has 4 nitrogen and oxygen atoms in total. The van der Waals surface area contributed by atoms with Crippen LogP contribution in [0.25, 0.3) is 0 Å². The van der Waals surface area contributed by atoms with E-state index >= 15 is 0 Å². The lowest BCUT2D eigenvalue weighted by Gasteiger charge is -2.20. The van der Waals surface area contributed by atoms with E-state index < -0.39 is 0 Å². The molecule has 2 aromatic rings. The summed E-state index contributed by atoms with van der Waals surface area (Å²) in [4.78, 5) is 13.7. The summed E-state index contributed by atoms with van der Waals surface area (Å²) in [5, 5.41) is 3.37. The number of nitrogens with one attached hydrogen (secondary N) is 1. The van der Waals surface area contributed by atoms with Crippen LogP contribution in [0.15, 0.2) is 24.7 Å². The Morgan fingerprint density at radius 1 is 1.24 bits per heavy atom. The van der Waals surface area contributed by atoms with Crippen molar-refractivity contribution in [1.82, 2.24) is 15.0 Å². The molecular weight excluding hydrogens is 260 g/mol. The number of rotatable bonds is 4. The van der Waals surface area contributed by atoms with Crippen molar-refractivity contribution in [2.45, 2.75) is 45.4 Å². The van der Waals surface area contributed by atoms with E-state index in [0.717, 1.165) is 30.9 Å². The maximum absolute atomic E-state index is 4.63. The van der Waals surface area contributed by atoms with Crippen LogP contribution in [0.4, 0.5) is 5.82 Å². The third kappa shape index (κ3) is 2.50. The smallest absolute Gasteiger partial charge is 0.133 e. The number of aromatic nitrogens is 3. The summed E-state index contributed by atoms with van der Waals surface area (Å²) in [6.45, 7) is 7.38. The number of pyridine rings is 1. The molecule has 2 heterocycles. The number of aryl methyl sites for hydroxylation is 1. The summed E-state index contributed by atoms with van der Waals surface area (Å²) >= 11 is 0. The van der Waals surface area contributed by atoms with Crippen molar-refractivity contribution in [3.05, 3.63) is 47.2 Å². The molecule has 0 fully saturated rings. The molecule has 4 heteroatoms. The molecule has 0 spiro atoms. The predicted molar refractivity (Wildman–Crippen MR) is 84.7 cm³/mol. The third-order valence-corrected chi connectivity index (χ3v) is 4.12. The van der Waals surface area contributed by atoms with Crippen LogP contribution < -0.4 is 5.32 Å². The second-order valence-corrected chi connectivity index (χ2v) is 5.85. The molecular formula is C17H22N4. The molecule has 1 N–H and O–H groups in total. The highest BCUT2D eigenvalue weighted by atomic mass is 15.0.